The summed E-state index contributed by atoms with van der Waals surface area (Å²) in [6.45, 7) is 0. The Kier molecular flexibility index (Phi) is 3.54. The van der Waals surface area contributed by atoms with Crippen molar-refractivity contribution in [1.29, 1.82) is 0 Å². The summed E-state index contributed by atoms with van der Waals surface area (Å²) in [7, 11) is 2.84. The predicted molar refractivity (Wildman–Crippen MR) is 63.3 cm³/mol. The molecule has 0 bridgehead atoms. The van der Waals surface area contributed by atoms with E-state index < -0.39 is 5.91 Å². The van der Waals surface area contributed by atoms with Crippen molar-refractivity contribution in [3.63, 3.8) is 0 Å². The Morgan fingerprint density at radius 2 is 2.06 bits per heavy atom. The molecule has 0 saturated heterocycles. The molecule has 2 aromatic rings. The van der Waals surface area contributed by atoms with Crippen LogP contribution in [-0.2, 0) is 4.84 Å². The molecule has 0 radical (unpaired) electrons. The zero-order valence-electron chi connectivity index (χ0n) is 9.74. The minimum Gasteiger partial charge on any atom is -0.274 e. The van der Waals surface area contributed by atoms with Crippen LogP contribution in [0.2, 0.25) is 5.02 Å². The molecule has 2 rings (SSSR count). The van der Waals surface area contributed by atoms with Crippen molar-refractivity contribution in [1.82, 2.24) is 25.3 Å². The first-order valence-corrected chi connectivity index (χ1v) is 5.37. The van der Waals surface area contributed by atoms with E-state index in [0.717, 1.165) is 5.06 Å². The highest BCUT2D eigenvalue weighted by atomic mass is 35.5. The lowest BCUT2D eigenvalue weighted by molar-refractivity contribution is -0.0764. The molecule has 1 aromatic heterocycles. The van der Waals surface area contributed by atoms with Gasteiger partial charge in [-0.2, -0.15) is 0 Å². The molecule has 0 fully saturated rings. The van der Waals surface area contributed by atoms with Crippen LogP contribution in [0.25, 0.3) is 5.69 Å². The first-order chi connectivity index (χ1) is 8.61. The van der Waals surface area contributed by atoms with Gasteiger partial charge in [0, 0.05) is 12.1 Å². The van der Waals surface area contributed by atoms with Crippen molar-refractivity contribution < 1.29 is 9.63 Å². The van der Waals surface area contributed by atoms with Gasteiger partial charge in [0.05, 0.1) is 12.8 Å². The number of hydrogen-bond donors (Lipinski definition) is 0. The molecule has 0 aliphatic carbocycles. The van der Waals surface area contributed by atoms with Crippen LogP contribution in [0.15, 0.2) is 24.3 Å². The van der Waals surface area contributed by atoms with E-state index in [1.54, 1.807) is 24.3 Å². The molecule has 8 heteroatoms. The topological polar surface area (TPSA) is 73.1 Å². The molecule has 18 heavy (non-hydrogen) atoms. The number of hydrogen-bond acceptors (Lipinski definition) is 5. The normalized spacial score (nSPS) is 10.4. The van der Waals surface area contributed by atoms with Gasteiger partial charge in [-0.05, 0) is 29.5 Å². The van der Waals surface area contributed by atoms with E-state index in [2.05, 4.69) is 15.4 Å². The Labute approximate surface area is 108 Å². The fourth-order valence-corrected chi connectivity index (χ4v) is 1.33. The minimum absolute atomic E-state index is 0.0469. The first-order valence-electron chi connectivity index (χ1n) is 5.00. The average Bonchev–Trinajstić information content (AvgIpc) is 2.87. The molecule has 0 unspecified atom stereocenters. The largest absolute Gasteiger partial charge is 0.318 e. The Balaban J connectivity index is 2.25. The number of halogens is 1. The maximum atomic E-state index is 11.7. The summed E-state index contributed by atoms with van der Waals surface area (Å²) < 4.78 is 0. The van der Waals surface area contributed by atoms with E-state index in [9.17, 15) is 4.79 Å². The molecule has 0 atom stereocenters. The zero-order chi connectivity index (χ0) is 13.1. The van der Waals surface area contributed by atoms with Crippen LogP contribution in [0.4, 0.5) is 0 Å². The summed E-state index contributed by atoms with van der Waals surface area (Å²) in [5, 5.41) is 13.0. The van der Waals surface area contributed by atoms with Crippen molar-refractivity contribution >= 4 is 17.5 Å². The highest BCUT2D eigenvalue weighted by molar-refractivity contribution is 6.30. The number of tetrazole rings is 1. The molecule has 94 valence electrons. The summed E-state index contributed by atoms with van der Waals surface area (Å²) in [6.07, 6.45) is 0. The highest BCUT2D eigenvalue weighted by Crippen LogP contribution is 2.11. The van der Waals surface area contributed by atoms with Gasteiger partial charge >= 0.3 is 5.91 Å². The molecule has 0 spiro atoms. The van der Waals surface area contributed by atoms with E-state index in [1.807, 2.05) is 0 Å². The molecule has 0 N–H and O–H groups in total. The fraction of sp³-hybridized carbons (Fsp3) is 0.200. The van der Waals surface area contributed by atoms with Crippen molar-refractivity contribution in [2.24, 2.45) is 0 Å². The Morgan fingerprint density at radius 1 is 1.39 bits per heavy atom. The quantitative estimate of drug-likeness (QED) is 0.774. The summed E-state index contributed by atoms with van der Waals surface area (Å²) in [5.74, 6) is -0.521. The third-order valence-electron chi connectivity index (χ3n) is 2.22. The number of carbonyl (C=O) groups is 1. The minimum atomic E-state index is -0.474. The number of benzene rings is 1. The van der Waals surface area contributed by atoms with Gasteiger partial charge in [0.2, 0.25) is 0 Å². The molecule has 0 saturated carbocycles. The van der Waals surface area contributed by atoms with Gasteiger partial charge in [0.1, 0.15) is 0 Å². The Morgan fingerprint density at radius 3 is 2.67 bits per heavy atom. The summed E-state index contributed by atoms with van der Waals surface area (Å²) in [4.78, 5) is 17.7. The van der Waals surface area contributed by atoms with Crippen molar-refractivity contribution in [2.75, 3.05) is 14.2 Å². The second kappa shape index (κ2) is 5.11. The number of carbonyl (C=O) groups excluding carboxylic acids is 1. The monoisotopic (exact) mass is 267 g/mol. The van der Waals surface area contributed by atoms with Gasteiger partial charge in [0.15, 0.2) is 0 Å². The van der Waals surface area contributed by atoms with Gasteiger partial charge in [-0.3, -0.25) is 9.63 Å². The molecule has 1 heterocycles. The fourth-order valence-electron chi connectivity index (χ4n) is 1.21. The number of rotatable bonds is 3. The maximum Gasteiger partial charge on any atom is 0.318 e. The van der Waals surface area contributed by atoms with E-state index in [-0.39, 0.29) is 5.82 Å². The number of nitrogens with zero attached hydrogens (tertiary/aromatic N) is 5. The lowest BCUT2D eigenvalue weighted by atomic mass is 10.3. The van der Waals surface area contributed by atoms with Gasteiger partial charge in [-0.15, -0.1) is 15.0 Å². The average molecular weight is 268 g/mol. The van der Waals surface area contributed by atoms with Crippen LogP contribution < -0.4 is 0 Å². The lowest BCUT2D eigenvalue weighted by Crippen LogP contribution is -2.26. The van der Waals surface area contributed by atoms with Crippen molar-refractivity contribution in [3.8, 4) is 5.69 Å². The second-order valence-corrected chi connectivity index (χ2v) is 3.80. The molecule has 0 aliphatic rings. The highest BCUT2D eigenvalue weighted by Gasteiger charge is 2.17. The summed E-state index contributed by atoms with van der Waals surface area (Å²) in [5.41, 5.74) is 0.658. The molecular formula is C10H10ClN5O2. The lowest BCUT2D eigenvalue weighted by Gasteiger charge is -2.09. The van der Waals surface area contributed by atoms with E-state index in [0.29, 0.717) is 10.7 Å². The van der Waals surface area contributed by atoms with Crippen LogP contribution in [-0.4, -0.2) is 45.3 Å². The molecule has 7 nitrogen and oxygen atoms in total. The standard InChI is InChI=1S/C10H10ClN5O2/c1-15(18-2)10(17)9-12-14-16(13-9)8-5-3-7(11)4-6-8/h3-6H,1-2H3. The second-order valence-electron chi connectivity index (χ2n) is 3.36. The third-order valence-corrected chi connectivity index (χ3v) is 2.47. The predicted octanol–water partition coefficient (Wildman–Crippen LogP) is 0.949. The van der Waals surface area contributed by atoms with Gasteiger partial charge in [-0.1, -0.05) is 11.6 Å². The van der Waals surface area contributed by atoms with Crippen LogP contribution in [0.1, 0.15) is 10.6 Å². The van der Waals surface area contributed by atoms with Gasteiger partial charge in [0.25, 0.3) is 5.82 Å². The Bertz CT molecular complexity index is 554. The molecule has 0 aliphatic heterocycles. The van der Waals surface area contributed by atoms with Gasteiger partial charge < -0.3 is 0 Å². The van der Waals surface area contributed by atoms with Crippen molar-refractivity contribution in [3.05, 3.63) is 35.1 Å². The maximum absolute atomic E-state index is 11.7. The van der Waals surface area contributed by atoms with Crippen molar-refractivity contribution in [2.45, 2.75) is 0 Å². The smallest absolute Gasteiger partial charge is 0.274 e. The van der Waals surface area contributed by atoms with E-state index >= 15 is 0 Å². The molecule has 1 amide bonds. The van der Waals surface area contributed by atoms with E-state index in [4.69, 9.17) is 16.4 Å². The third kappa shape index (κ3) is 2.47. The van der Waals surface area contributed by atoms with Crippen LogP contribution in [0, 0.1) is 0 Å². The summed E-state index contributed by atoms with van der Waals surface area (Å²) in [6, 6.07) is 6.84. The number of amides is 1. The zero-order valence-corrected chi connectivity index (χ0v) is 10.5. The van der Waals surface area contributed by atoms with Crippen LogP contribution >= 0.6 is 11.6 Å². The van der Waals surface area contributed by atoms with Crippen LogP contribution in [0.5, 0.6) is 0 Å². The van der Waals surface area contributed by atoms with E-state index in [1.165, 1.54) is 19.0 Å². The summed E-state index contributed by atoms with van der Waals surface area (Å²) >= 11 is 5.77. The first kappa shape index (κ1) is 12.5. The number of hydroxylamine groups is 2. The van der Waals surface area contributed by atoms with Gasteiger partial charge in [-0.25, -0.2) is 5.06 Å². The molecule has 1 aromatic carbocycles. The Hall–Kier alpha value is -1.99. The SMILES string of the molecule is CON(C)C(=O)c1nnn(-c2ccc(Cl)cc2)n1. The number of aromatic nitrogens is 4. The van der Waals surface area contributed by atoms with Crippen LogP contribution in [0.3, 0.4) is 0 Å². The molecular weight excluding hydrogens is 258 g/mol.